The zero-order valence-corrected chi connectivity index (χ0v) is 11.4. The van der Waals surface area contributed by atoms with Gasteiger partial charge in [-0.1, -0.05) is 13.8 Å². The number of rotatable bonds is 6. The Kier molecular flexibility index (Phi) is 5.22. The number of anilines is 2. The highest BCUT2D eigenvalue weighted by Gasteiger charge is 2.15. The van der Waals surface area contributed by atoms with Crippen LogP contribution in [0.4, 0.5) is 11.4 Å². The first-order chi connectivity index (χ1) is 8.06. The molecule has 1 N–H and O–H groups in total. The zero-order valence-electron chi connectivity index (χ0n) is 11.4. The molecule has 1 aromatic heterocycles. The Bertz CT molecular complexity index is 339. The summed E-state index contributed by atoms with van der Waals surface area (Å²) in [6, 6.07) is 2.30. The quantitative estimate of drug-likeness (QED) is 0.823. The first kappa shape index (κ1) is 13.8. The molecule has 1 unspecified atom stereocenters. The predicted molar refractivity (Wildman–Crippen MR) is 72.7 cm³/mol. The lowest BCUT2D eigenvalue weighted by atomic mass is 10.1. The number of hydrogen-bond acceptors (Lipinski definition) is 4. The summed E-state index contributed by atoms with van der Waals surface area (Å²) in [5, 5.41) is 3.50. The van der Waals surface area contributed by atoms with Crippen molar-refractivity contribution in [3.63, 3.8) is 0 Å². The number of pyridine rings is 1. The topological polar surface area (TPSA) is 37.4 Å². The summed E-state index contributed by atoms with van der Waals surface area (Å²) in [5.74, 6) is 0.505. The maximum atomic E-state index is 5.24. The van der Waals surface area contributed by atoms with Gasteiger partial charge in [-0.3, -0.25) is 4.98 Å². The Morgan fingerprint density at radius 3 is 2.65 bits per heavy atom. The predicted octanol–water partition coefficient (Wildman–Crippen LogP) is 2.23. The molecule has 4 nitrogen and oxygen atoms in total. The van der Waals surface area contributed by atoms with Gasteiger partial charge in [-0.25, -0.2) is 0 Å². The monoisotopic (exact) mass is 237 g/mol. The van der Waals surface area contributed by atoms with E-state index in [4.69, 9.17) is 4.74 Å². The molecular formula is C13H23N3O. The first-order valence-electron chi connectivity index (χ1n) is 5.93. The standard InChI is InChI=1S/C13H23N3O/c1-10(2)12(9-17-5)15-11-8-14-7-6-13(11)16(3)4/h6-8,10,12,15H,9H2,1-5H3. The summed E-state index contributed by atoms with van der Waals surface area (Å²) in [6.45, 7) is 5.06. The summed E-state index contributed by atoms with van der Waals surface area (Å²) in [6.07, 6.45) is 3.67. The molecule has 1 heterocycles. The van der Waals surface area contributed by atoms with Crippen molar-refractivity contribution < 1.29 is 4.74 Å². The Labute approximate surface area is 104 Å². The number of nitrogens with one attached hydrogen (secondary N) is 1. The molecule has 0 bridgehead atoms. The van der Waals surface area contributed by atoms with Gasteiger partial charge in [0, 0.05) is 27.4 Å². The summed E-state index contributed by atoms with van der Waals surface area (Å²) < 4.78 is 5.24. The van der Waals surface area contributed by atoms with Gasteiger partial charge < -0.3 is 15.0 Å². The largest absolute Gasteiger partial charge is 0.383 e. The maximum Gasteiger partial charge on any atom is 0.0767 e. The molecule has 0 aliphatic rings. The van der Waals surface area contributed by atoms with E-state index in [1.807, 2.05) is 26.4 Å². The molecule has 1 atom stereocenters. The van der Waals surface area contributed by atoms with E-state index < -0.39 is 0 Å². The second-order valence-corrected chi connectivity index (χ2v) is 4.74. The minimum absolute atomic E-state index is 0.294. The van der Waals surface area contributed by atoms with Crippen LogP contribution in [0.1, 0.15) is 13.8 Å². The highest BCUT2D eigenvalue weighted by atomic mass is 16.5. The fourth-order valence-corrected chi connectivity index (χ4v) is 1.67. The molecule has 0 saturated carbocycles. The van der Waals surface area contributed by atoms with Crippen molar-refractivity contribution in [3.05, 3.63) is 18.5 Å². The van der Waals surface area contributed by atoms with Gasteiger partial charge in [-0.05, 0) is 12.0 Å². The minimum atomic E-state index is 0.294. The van der Waals surface area contributed by atoms with E-state index in [9.17, 15) is 0 Å². The number of methoxy groups -OCH3 is 1. The average Bonchev–Trinajstić information content (AvgIpc) is 2.28. The van der Waals surface area contributed by atoms with Gasteiger partial charge in [-0.15, -0.1) is 0 Å². The molecule has 0 aromatic carbocycles. The SMILES string of the molecule is COCC(Nc1cnccc1N(C)C)C(C)C. The van der Waals surface area contributed by atoms with Gasteiger partial charge in [-0.2, -0.15) is 0 Å². The number of hydrogen-bond donors (Lipinski definition) is 1. The Morgan fingerprint density at radius 2 is 2.12 bits per heavy atom. The lowest BCUT2D eigenvalue weighted by Gasteiger charge is -2.25. The molecule has 0 aliphatic heterocycles. The first-order valence-corrected chi connectivity index (χ1v) is 5.93. The van der Waals surface area contributed by atoms with Crippen molar-refractivity contribution in [2.75, 3.05) is 38.0 Å². The van der Waals surface area contributed by atoms with E-state index in [1.54, 1.807) is 13.3 Å². The molecule has 0 fully saturated rings. The van der Waals surface area contributed by atoms with Crippen LogP contribution >= 0.6 is 0 Å². The van der Waals surface area contributed by atoms with Crippen molar-refractivity contribution in [3.8, 4) is 0 Å². The number of ether oxygens (including phenoxy) is 1. The summed E-state index contributed by atoms with van der Waals surface area (Å²) in [5.41, 5.74) is 2.19. The minimum Gasteiger partial charge on any atom is -0.383 e. The van der Waals surface area contributed by atoms with E-state index in [0.29, 0.717) is 18.6 Å². The van der Waals surface area contributed by atoms with Gasteiger partial charge >= 0.3 is 0 Å². The lowest BCUT2D eigenvalue weighted by molar-refractivity contribution is 0.171. The summed E-state index contributed by atoms with van der Waals surface area (Å²) >= 11 is 0. The Morgan fingerprint density at radius 1 is 1.41 bits per heavy atom. The third-order valence-electron chi connectivity index (χ3n) is 2.77. The van der Waals surface area contributed by atoms with Crippen LogP contribution in [0, 0.1) is 5.92 Å². The highest BCUT2D eigenvalue weighted by molar-refractivity contribution is 5.68. The van der Waals surface area contributed by atoms with E-state index in [1.165, 1.54) is 0 Å². The molecule has 0 amide bonds. The van der Waals surface area contributed by atoms with Crippen molar-refractivity contribution in [2.45, 2.75) is 19.9 Å². The molecule has 0 saturated heterocycles. The van der Waals surface area contributed by atoms with E-state index in [0.717, 1.165) is 11.4 Å². The van der Waals surface area contributed by atoms with Crippen LogP contribution in [0.3, 0.4) is 0 Å². The summed E-state index contributed by atoms with van der Waals surface area (Å²) in [7, 11) is 5.79. The maximum absolute atomic E-state index is 5.24. The molecule has 17 heavy (non-hydrogen) atoms. The molecule has 1 aromatic rings. The molecule has 1 rings (SSSR count). The molecule has 0 spiro atoms. The van der Waals surface area contributed by atoms with Crippen molar-refractivity contribution in [1.29, 1.82) is 0 Å². The van der Waals surface area contributed by atoms with Crippen LogP contribution in [0.15, 0.2) is 18.5 Å². The van der Waals surface area contributed by atoms with Gasteiger partial charge in [0.25, 0.3) is 0 Å². The smallest absolute Gasteiger partial charge is 0.0767 e. The van der Waals surface area contributed by atoms with E-state index in [2.05, 4.69) is 29.0 Å². The van der Waals surface area contributed by atoms with Gasteiger partial charge in [0.05, 0.1) is 30.2 Å². The van der Waals surface area contributed by atoms with Crippen molar-refractivity contribution >= 4 is 11.4 Å². The summed E-state index contributed by atoms with van der Waals surface area (Å²) in [4.78, 5) is 6.25. The fourth-order valence-electron chi connectivity index (χ4n) is 1.67. The van der Waals surface area contributed by atoms with Crippen molar-refractivity contribution in [2.24, 2.45) is 5.92 Å². The van der Waals surface area contributed by atoms with Crippen LogP contribution in [-0.2, 0) is 4.74 Å². The molecule has 96 valence electrons. The van der Waals surface area contributed by atoms with Crippen LogP contribution < -0.4 is 10.2 Å². The Hall–Kier alpha value is -1.29. The lowest BCUT2D eigenvalue weighted by Crippen LogP contribution is -2.31. The number of aromatic nitrogens is 1. The van der Waals surface area contributed by atoms with E-state index in [-0.39, 0.29) is 0 Å². The number of nitrogens with zero attached hydrogens (tertiary/aromatic N) is 2. The fraction of sp³-hybridized carbons (Fsp3) is 0.615. The molecule has 0 aliphatic carbocycles. The zero-order chi connectivity index (χ0) is 12.8. The Balaban J connectivity index is 2.85. The second kappa shape index (κ2) is 6.45. The average molecular weight is 237 g/mol. The third kappa shape index (κ3) is 3.89. The van der Waals surface area contributed by atoms with Crippen LogP contribution in [0.25, 0.3) is 0 Å². The van der Waals surface area contributed by atoms with E-state index >= 15 is 0 Å². The van der Waals surface area contributed by atoms with Crippen LogP contribution in [-0.4, -0.2) is 38.8 Å². The second-order valence-electron chi connectivity index (χ2n) is 4.74. The van der Waals surface area contributed by atoms with Gasteiger partial charge in [0.15, 0.2) is 0 Å². The van der Waals surface area contributed by atoms with Gasteiger partial charge in [0.1, 0.15) is 0 Å². The normalized spacial score (nSPS) is 12.6. The van der Waals surface area contributed by atoms with Crippen LogP contribution in [0.2, 0.25) is 0 Å². The van der Waals surface area contributed by atoms with Crippen LogP contribution in [0.5, 0.6) is 0 Å². The van der Waals surface area contributed by atoms with Crippen molar-refractivity contribution in [1.82, 2.24) is 4.98 Å². The highest BCUT2D eigenvalue weighted by Crippen LogP contribution is 2.24. The van der Waals surface area contributed by atoms with Gasteiger partial charge in [0.2, 0.25) is 0 Å². The molecule has 4 heteroatoms. The molecular weight excluding hydrogens is 214 g/mol. The third-order valence-corrected chi connectivity index (χ3v) is 2.77. The molecule has 0 radical (unpaired) electrons.